The SMILES string of the molecule is Cc1ccc(OCC(=O)Nc2ccc(-c3nc4ccc(C)cc4s3)cc2)c(Br)c1. The molecule has 3 aromatic carbocycles. The van der Waals surface area contributed by atoms with Crippen molar-refractivity contribution in [1.29, 1.82) is 0 Å². The van der Waals surface area contributed by atoms with Gasteiger partial charge in [-0.3, -0.25) is 4.79 Å². The zero-order chi connectivity index (χ0) is 20.4. The van der Waals surface area contributed by atoms with Crippen molar-refractivity contribution in [1.82, 2.24) is 4.98 Å². The van der Waals surface area contributed by atoms with E-state index in [1.807, 2.05) is 55.5 Å². The second kappa shape index (κ2) is 8.35. The van der Waals surface area contributed by atoms with Gasteiger partial charge in [0.1, 0.15) is 10.8 Å². The summed E-state index contributed by atoms with van der Waals surface area (Å²) in [5, 5.41) is 3.83. The number of aromatic nitrogens is 1. The number of nitrogens with one attached hydrogen (secondary N) is 1. The Bertz CT molecular complexity index is 1190. The van der Waals surface area contributed by atoms with E-state index in [4.69, 9.17) is 9.72 Å². The van der Waals surface area contributed by atoms with Gasteiger partial charge in [-0.2, -0.15) is 0 Å². The standard InChI is InChI=1S/C23H19BrN2O2S/c1-14-4-10-20(18(24)11-14)28-13-22(27)25-17-7-5-16(6-8-17)23-26-19-9-3-15(2)12-21(19)29-23/h3-12H,13H2,1-2H3,(H,25,27). The first-order valence-electron chi connectivity index (χ1n) is 9.14. The summed E-state index contributed by atoms with van der Waals surface area (Å²) < 4.78 is 7.61. The summed E-state index contributed by atoms with van der Waals surface area (Å²) >= 11 is 5.12. The number of ether oxygens (including phenoxy) is 1. The third-order valence-electron chi connectivity index (χ3n) is 4.41. The smallest absolute Gasteiger partial charge is 0.262 e. The molecule has 0 aliphatic heterocycles. The molecule has 1 heterocycles. The lowest BCUT2D eigenvalue weighted by Gasteiger charge is -2.09. The van der Waals surface area contributed by atoms with E-state index in [9.17, 15) is 4.79 Å². The van der Waals surface area contributed by atoms with Crippen LogP contribution in [-0.2, 0) is 4.79 Å². The molecule has 1 aromatic heterocycles. The zero-order valence-electron chi connectivity index (χ0n) is 16.0. The third-order valence-corrected chi connectivity index (χ3v) is 6.09. The summed E-state index contributed by atoms with van der Waals surface area (Å²) in [4.78, 5) is 16.9. The molecule has 0 spiro atoms. The van der Waals surface area contributed by atoms with E-state index in [0.29, 0.717) is 5.75 Å². The van der Waals surface area contributed by atoms with Gasteiger partial charge < -0.3 is 10.1 Å². The van der Waals surface area contributed by atoms with Gasteiger partial charge in [-0.25, -0.2) is 4.98 Å². The maximum atomic E-state index is 12.2. The molecule has 146 valence electrons. The van der Waals surface area contributed by atoms with Gasteiger partial charge in [-0.15, -0.1) is 11.3 Å². The Balaban J connectivity index is 1.40. The van der Waals surface area contributed by atoms with E-state index in [1.165, 1.54) is 10.3 Å². The summed E-state index contributed by atoms with van der Waals surface area (Å²) in [5.74, 6) is 0.438. The highest BCUT2D eigenvalue weighted by Gasteiger charge is 2.09. The molecule has 4 nitrogen and oxygen atoms in total. The molecule has 0 fully saturated rings. The van der Waals surface area contributed by atoms with Crippen molar-refractivity contribution in [2.75, 3.05) is 11.9 Å². The summed E-state index contributed by atoms with van der Waals surface area (Å²) in [7, 11) is 0. The Morgan fingerprint density at radius 3 is 2.52 bits per heavy atom. The molecule has 1 N–H and O–H groups in total. The van der Waals surface area contributed by atoms with E-state index in [-0.39, 0.29) is 12.5 Å². The maximum Gasteiger partial charge on any atom is 0.262 e. The largest absolute Gasteiger partial charge is 0.483 e. The Labute approximate surface area is 181 Å². The van der Waals surface area contributed by atoms with Gasteiger partial charge in [-0.1, -0.05) is 12.1 Å². The van der Waals surface area contributed by atoms with Crippen molar-refractivity contribution in [3.05, 3.63) is 76.3 Å². The first-order chi connectivity index (χ1) is 14.0. The molecule has 0 unspecified atom stereocenters. The fourth-order valence-corrected chi connectivity index (χ4v) is 4.59. The van der Waals surface area contributed by atoms with Crippen molar-refractivity contribution >= 4 is 49.1 Å². The lowest BCUT2D eigenvalue weighted by atomic mass is 10.2. The summed E-state index contributed by atoms with van der Waals surface area (Å²) in [6.45, 7) is 4.03. The normalized spacial score (nSPS) is 10.9. The van der Waals surface area contributed by atoms with Crippen LogP contribution in [0.25, 0.3) is 20.8 Å². The number of halogens is 1. The molecule has 0 radical (unpaired) electrons. The Hall–Kier alpha value is -2.70. The molecular weight excluding hydrogens is 448 g/mol. The van der Waals surface area contributed by atoms with E-state index < -0.39 is 0 Å². The predicted molar refractivity (Wildman–Crippen MR) is 123 cm³/mol. The molecule has 4 rings (SSSR count). The Morgan fingerprint density at radius 1 is 1.03 bits per heavy atom. The number of benzene rings is 3. The monoisotopic (exact) mass is 466 g/mol. The summed E-state index contributed by atoms with van der Waals surface area (Å²) in [6, 6.07) is 19.7. The molecule has 0 saturated carbocycles. The van der Waals surface area contributed by atoms with Crippen molar-refractivity contribution in [2.24, 2.45) is 0 Å². The van der Waals surface area contributed by atoms with Crippen LogP contribution in [0.4, 0.5) is 5.69 Å². The topological polar surface area (TPSA) is 51.2 Å². The number of hydrogen-bond acceptors (Lipinski definition) is 4. The third kappa shape index (κ3) is 4.66. The minimum atomic E-state index is -0.208. The number of nitrogens with zero attached hydrogens (tertiary/aromatic N) is 1. The van der Waals surface area contributed by atoms with Gasteiger partial charge in [0, 0.05) is 11.3 Å². The minimum Gasteiger partial charge on any atom is -0.483 e. The number of carbonyl (C=O) groups is 1. The van der Waals surface area contributed by atoms with Gasteiger partial charge in [0.15, 0.2) is 6.61 Å². The van der Waals surface area contributed by atoms with Crippen LogP contribution in [0.15, 0.2) is 65.1 Å². The molecule has 1 amide bonds. The van der Waals surface area contributed by atoms with Crippen molar-refractivity contribution < 1.29 is 9.53 Å². The van der Waals surface area contributed by atoms with Crippen LogP contribution in [0.1, 0.15) is 11.1 Å². The van der Waals surface area contributed by atoms with Crippen molar-refractivity contribution in [3.8, 4) is 16.3 Å². The van der Waals surface area contributed by atoms with Gasteiger partial charge in [0.2, 0.25) is 0 Å². The molecule has 4 aromatic rings. The number of rotatable bonds is 5. The second-order valence-corrected chi connectivity index (χ2v) is 8.72. The quantitative estimate of drug-likeness (QED) is 0.372. The number of hydrogen-bond donors (Lipinski definition) is 1. The van der Waals surface area contributed by atoms with Crippen LogP contribution in [-0.4, -0.2) is 17.5 Å². The lowest BCUT2D eigenvalue weighted by Crippen LogP contribution is -2.20. The highest BCUT2D eigenvalue weighted by Crippen LogP contribution is 2.31. The molecule has 29 heavy (non-hydrogen) atoms. The average Bonchev–Trinajstić information content (AvgIpc) is 3.11. The second-order valence-electron chi connectivity index (χ2n) is 6.84. The molecular formula is C23H19BrN2O2S. The molecule has 0 bridgehead atoms. The molecule has 0 aliphatic rings. The van der Waals surface area contributed by atoms with Crippen LogP contribution >= 0.6 is 27.3 Å². The molecule has 0 atom stereocenters. The van der Waals surface area contributed by atoms with E-state index in [1.54, 1.807) is 11.3 Å². The zero-order valence-corrected chi connectivity index (χ0v) is 18.4. The first-order valence-corrected chi connectivity index (χ1v) is 10.8. The summed E-state index contributed by atoms with van der Waals surface area (Å²) in [5.41, 5.74) is 5.11. The van der Waals surface area contributed by atoms with Gasteiger partial charge in [0.25, 0.3) is 5.91 Å². The Morgan fingerprint density at radius 2 is 1.76 bits per heavy atom. The first kappa shape index (κ1) is 19.6. The highest BCUT2D eigenvalue weighted by molar-refractivity contribution is 9.10. The van der Waals surface area contributed by atoms with E-state index in [0.717, 1.165) is 31.8 Å². The van der Waals surface area contributed by atoms with Crippen LogP contribution in [0.5, 0.6) is 5.75 Å². The molecule has 6 heteroatoms. The number of aryl methyl sites for hydroxylation is 2. The highest BCUT2D eigenvalue weighted by atomic mass is 79.9. The number of fused-ring (bicyclic) bond motifs is 1. The van der Waals surface area contributed by atoms with Crippen molar-refractivity contribution in [2.45, 2.75) is 13.8 Å². The fourth-order valence-electron chi connectivity index (χ4n) is 2.91. The number of carbonyl (C=O) groups excluding carboxylic acids is 1. The lowest BCUT2D eigenvalue weighted by molar-refractivity contribution is -0.118. The van der Waals surface area contributed by atoms with Gasteiger partial charge in [-0.05, 0) is 89.4 Å². The number of thiazole rings is 1. The summed E-state index contributed by atoms with van der Waals surface area (Å²) in [6.07, 6.45) is 0. The minimum absolute atomic E-state index is 0.0549. The van der Waals surface area contributed by atoms with E-state index in [2.05, 4.69) is 40.3 Å². The van der Waals surface area contributed by atoms with E-state index >= 15 is 0 Å². The maximum absolute atomic E-state index is 12.2. The van der Waals surface area contributed by atoms with Crippen LogP contribution in [0.3, 0.4) is 0 Å². The predicted octanol–water partition coefficient (Wildman–Crippen LogP) is 6.36. The number of anilines is 1. The molecule has 0 saturated heterocycles. The van der Waals surface area contributed by atoms with Gasteiger partial charge in [0.05, 0.1) is 14.7 Å². The van der Waals surface area contributed by atoms with Crippen molar-refractivity contribution in [3.63, 3.8) is 0 Å². The number of amides is 1. The van der Waals surface area contributed by atoms with Crippen LogP contribution < -0.4 is 10.1 Å². The average molecular weight is 467 g/mol. The van der Waals surface area contributed by atoms with Crippen LogP contribution in [0.2, 0.25) is 0 Å². The molecule has 0 aliphatic carbocycles. The Kier molecular flexibility index (Phi) is 5.65. The van der Waals surface area contributed by atoms with Crippen LogP contribution in [0, 0.1) is 13.8 Å². The fraction of sp³-hybridized carbons (Fsp3) is 0.130. The van der Waals surface area contributed by atoms with Gasteiger partial charge >= 0.3 is 0 Å².